The Kier molecular flexibility index (Phi) is 2.08. The van der Waals surface area contributed by atoms with Crippen molar-refractivity contribution in [1.82, 2.24) is 5.32 Å². The van der Waals surface area contributed by atoms with E-state index in [1.54, 1.807) is 0 Å². The zero-order valence-electron chi connectivity index (χ0n) is 9.42. The average molecular weight is 227 g/mol. The molecule has 0 aliphatic carbocycles. The molecule has 1 amide bonds. The summed E-state index contributed by atoms with van der Waals surface area (Å²) in [6, 6.07) is 7.94. The van der Waals surface area contributed by atoms with Crippen LogP contribution in [0.4, 0.5) is 5.69 Å². The van der Waals surface area contributed by atoms with Crippen LogP contribution < -0.4 is 10.6 Å². The fourth-order valence-electron chi connectivity index (χ4n) is 2.98. The van der Waals surface area contributed by atoms with Crippen LogP contribution in [0, 0.1) is 11.3 Å². The highest BCUT2D eigenvalue weighted by atomic mass is 16.1. The van der Waals surface area contributed by atoms with Crippen LogP contribution in [0.3, 0.4) is 0 Å². The first-order valence-electron chi connectivity index (χ1n) is 5.79. The molecule has 3 rings (SSSR count). The molecule has 2 aliphatic rings. The summed E-state index contributed by atoms with van der Waals surface area (Å²) < 4.78 is 0. The summed E-state index contributed by atoms with van der Waals surface area (Å²) in [4.78, 5) is 11.6. The summed E-state index contributed by atoms with van der Waals surface area (Å²) in [5.41, 5.74) is 2.57. The normalized spacial score (nSPS) is 25.9. The van der Waals surface area contributed by atoms with Gasteiger partial charge >= 0.3 is 0 Å². The third-order valence-electron chi connectivity index (χ3n) is 3.76. The molecular weight excluding hydrogens is 214 g/mol. The quantitative estimate of drug-likeness (QED) is 0.698. The highest BCUT2D eigenvalue weighted by Crippen LogP contribution is 2.44. The number of nitrogens with zero attached hydrogens (tertiary/aromatic N) is 1. The second kappa shape index (κ2) is 3.49. The van der Waals surface area contributed by atoms with Crippen LogP contribution in [0.1, 0.15) is 24.0 Å². The largest absolute Gasteiger partial charge is 0.384 e. The van der Waals surface area contributed by atoms with Crippen molar-refractivity contribution in [1.29, 1.82) is 5.26 Å². The number of piperidine rings is 1. The first-order valence-corrected chi connectivity index (χ1v) is 5.79. The maximum absolute atomic E-state index is 11.6. The molecule has 1 spiro atoms. The predicted molar refractivity (Wildman–Crippen MR) is 63.6 cm³/mol. The maximum Gasteiger partial charge on any atom is 0.220 e. The Morgan fingerprint density at radius 2 is 2.24 bits per heavy atom. The van der Waals surface area contributed by atoms with Crippen molar-refractivity contribution in [3.8, 4) is 6.07 Å². The minimum absolute atomic E-state index is 0.0821. The Morgan fingerprint density at radius 1 is 1.35 bits per heavy atom. The lowest BCUT2D eigenvalue weighted by atomic mass is 9.73. The molecule has 1 aromatic carbocycles. The molecule has 1 unspecified atom stereocenters. The summed E-state index contributed by atoms with van der Waals surface area (Å²) in [5.74, 6) is 0.0821. The lowest BCUT2D eigenvalue weighted by Crippen LogP contribution is -2.45. The number of carbonyl (C=O) groups is 1. The number of amides is 1. The molecule has 0 bridgehead atoms. The van der Waals surface area contributed by atoms with Gasteiger partial charge in [-0.2, -0.15) is 5.26 Å². The van der Waals surface area contributed by atoms with Crippen LogP contribution in [-0.2, 0) is 10.2 Å². The van der Waals surface area contributed by atoms with Gasteiger partial charge in [-0.3, -0.25) is 4.79 Å². The minimum atomic E-state index is -0.177. The van der Waals surface area contributed by atoms with E-state index in [9.17, 15) is 10.1 Å². The van der Waals surface area contributed by atoms with E-state index in [2.05, 4.69) is 16.7 Å². The molecule has 1 aromatic rings. The minimum Gasteiger partial charge on any atom is -0.384 e. The van der Waals surface area contributed by atoms with Crippen molar-refractivity contribution in [3.63, 3.8) is 0 Å². The first kappa shape index (κ1) is 10.2. The van der Waals surface area contributed by atoms with Crippen molar-refractivity contribution in [2.75, 3.05) is 18.4 Å². The van der Waals surface area contributed by atoms with E-state index in [0.717, 1.165) is 24.2 Å². The van der Waals surface area contributed by atoms with Gasteiger partial charge < -0.3 is 10.6 Å². The molecular formula is C13H13N3O. The van der Waals surface area contributed by atoms with E-state index in [1.807, 2.05) is 18.2 Å². The molecule has 0 saturated carbocycles. The number of hydrogen-bond donors (Lipinski definition) is 2. The van der Waals surface area contributed by atoms with Crippen LogP contribution in [0.5, 0.6) is 0 Å². The maximum atomic E-state index is 11.6. The van der Waals surface area contributed by atoms with Crippen LogP contribution in [-0.4, -0.2) is 19.0 Å². The monoisotopic (exact) mass is 227 g/mol. The van der Waals surface area contributed by atoms with Gasteiger partial charge in [0.25, 0.3) is 0 Å². The fraction of sp³-hybridized carbons (Fsp3) is 0.385. The van der Waals surface area contributed by atoms with Crippen LogP contribution >= 0.6 is 0 Å². The molecule has 17 heavy (non-hydrogen) atoms. The number of nitriles is 1. The Hall–Kier alpha value is -2.02. The van der Waals surface area contributed by atoms with Gasteiger partial charge in [0.15, 0.2) is 0 Å². The van der Waals surface area contributed by atoms with E-state index in [1.165, 1.54) is 0 Å². The number of anilines is 1. The molecule has 1 saturated heterocycles. The van der Waals surface area contributed by atoms with E-state index in [0.29, 0.717) is 18.5 Å². The second-order valence-corrected chi connectivity index (χ2v) is 4.75. The van der Waals surface area contributed by atoms with Crippen molar-refractivity contribution >= 4 is 11.6 Å². The molecule has 2 heterocycles. The SMILES string of the molecule is N#Cc1cccc2c1C1(CCNC(=O)C1)CN2. The summed E-state index contributed by atoms with van der Waals surface area (Å²) >= 11 is 0. The molecule has 2 N–H and O–H groups in total. The van der Waals surface area contributed by atoms with Gasteiger partial charge in [0.1, 0.15) is 0 Å². The van der Waals surface area contributed by atoms with E-state index >= 15 is 0 Å². The van der Waals surface area contributed by atoms with Gasteiger partial charge in [-0.05, 0) is 18.6 Å². The molecule has 2 aliphatic heterocycles. The highest BCUT2D eigenvalue weighted by molar-refractivity contribution is 5.81. The topological polar surface area (TPSA) is 64.9 Å². The van der Waals surface area contributed by atoms with E-state index < -0.39 is 0 Å². The molecule has 1 atom stereocenters. The third-order valence-corrected chi connectivity index (χ3v) is 3.76. The number of benzene rings is 1. The Labute approximate surface area is 99.6 Å². The number of fused-ring (bicyclic) bond motifs is 2. The summed E-state index contributed by atoms with van der Waals surface area (Å²) in [5, 5.41) is 15.4. The van der Waals surface area contributed by atoms with Gasteiger partial charge in [0.05, 0.1) is 11.6 Å². The number of hydrogen-bond acceptors (Lipinski definition) is 3. The van der Waals surface area contributed by atoms with Gasteiger partial charge in [-0.15, -0.1) is 0 Å². The van der Waals surface area contributed by atoms with Crippen molar-refractivity contribution in [2.45, 2.75) is 18.3 Å². The van der Waals surface area contributed by atoms with Gasteiger partial charge in [0.2, 0.25) is 5.91 Å². The lowest BCUT2D eigenvalue weighted by Gasteiger charge is -2.33. The molecule has 0 aromatic heterocycles. The molecule has 0 radical (unpaired) electrons. The van der Waals surface area contributed by atoms with Crippen molar-refractivity contribution in [2.24, 2.45) is 0 Å². The van der Waals surface area contributed by atoms with Crippen LogP contribution in [0.2, 0.25) is 0 Å². The highest BCUT2D eigenvalue weighted by Gasteiger charge is 2.44. The standard InChI is InChI=1S/C13H13N3O/c14-7-9-2-1-3-10-12(9)13(8-16-10)4-5-15-11(17)6-13/h1-3,16H,4-6,8H2,(H,15,17). The zero-order chi connectivity index (χ0) is 11.9. The molecule has 86 valence electrons. The number of nitrogens with one attached hydrogen (secondary N) is 2. The number of carbonyl (C=O) groups excluding carboxylic acids is 1. The third kappa shape index (κ3) is 1.39. The molecule has 4 heteroatoms. The van der Waals surface area contributed by atoms with Gasteiger partial charge in [-0.25, -0.2) is 0 Å². The van der Waals surface area contributed by atoms with Gasteiger partial charge in [-0.1, -0.05) is 6.07 Å². The fourth-order valence-corrected chi connectivity index (χ4v) is 2.98. The van der Waals surface area contributed by atoms with Crippen LogP contribution in [0.25, 0.3) is 0 Å². The summed E-state index contributed by atoms with van der Waals surface area (Å²) in [6.45, 7) is 1.45. The number of rotatable bonds is 0. The Balaban J connectivity index is 2.14. The average Bonchev–Trinajstić information content (AvgIpc) is 2.68. The van der Waals surface area contributed by atoms with Crippen molar-refractivity contribution in [3.05, 3.63) is 29.3 Å². The molecule has 1 fully saturated rings. The second-order valence-electron chi connectivity index (χ2n) is 4.75. The first-order chi connectivity index (χ1) is 8.25. The van der Waals surface area contributed by atoms with Gasteiger partial charge in [0, 0.05) is 36.2 Å². The summed E-state index contributed by atoms with van der Waals surface area (Å²) in [6.07, 6.45) is 1.38. The smallest absolute Gasteiger partial charge is 0.220 e. The van der Waals surface area contributed by atoms with Crippen LogP contribution in [0.15, 0.2) is 18.2 Å². The molecule has 4 nitrogen and oxygen atoms in total. The van der Waals surface area contributed by atoms with Crippen molar-refractivity contribution < 1.29 is 4.79 Å². The summed E-state index contributed by atoms with van der Waals surface area (Å²) in [7, 11) is 0. The Bertz CT molecular complexity index is 528. The Morgan fingerprint density at radius 3 is 3.00 bits per heavy atom. The zero-order valence-corrected chi connectivity index (χ0v) is 9.42. The predicted octanol–water partition coefficient (Wildman–Crippen LogP) is 1.13. The lowest BCUT2D eigenvalue weighted by molar-refractivity contribution is -0.123. The van der Waals surface area contributed by atoms with E-state index in [4.69, 9.17) is 0 Å². The van der Waals surface area contributed by atoms with E-state index in [-0.39, 0.29) is 11.3 Å².